The second-order valence-electron chi connectivity index (χ2n) is 7.98. The number of nitrogens with zero attached hydrogens (tertiary/aromatic N) is 1. The summed E-state index contributed by atoms with van der Waals surface area (Å²) >= 11 is 0. The zero-order valence-corrected chi connectivity index (χ0v) is 14.3. The molecule has 1 N–H and O–H groups in total. The molecule has 19 heavy (non-hydrogen) atoms. The molecule has 0 heterocycles. The predicted octanol–water partition coefficient (Wildman–Crippen LogP) is 3.77. The van der Waals surface area contributed by atoms with Crippen molar-refractivity contribution in [3.05, 3.63) is 0 Å². The van der Waals surface area contributed by atoms with Gasteiger partial charge in [-0.1, -0.05) is 20.8 Å². The SMILES string of the molecule is CCC(CC)(CNC(C)(C)C)CN(C)CC1CC1C. The second kappa shape index (κ2) is 6.58. The van der Waals surface area contributed by atoms with E-state index < -0.39 is 0 Å². The molecule has 0 aromatic heterocycles. The minimum Gasteiger partial charge on any atom is -0.311 e. The first-order valence-electron chi connectivity index (χ1n) is 8.15. The first kappa shape index (κ1) is 17.0. The zero-order valence-electron chi connectivity index (χ0n) is 14.3. The van der Waals surface area contributed by atoms with Gasteiger partial charge in [-0.05, 0) is 64.3 Å². The first-order valence-corrected chi connectivity index (χ1v) is 8.15. The summed E-state index contributed by atoms with van der Waals surface area (Å²) in [6.07, 6.45) is 3.96. The summed E-state index contributed by atoms with van der Waals surface area (Å²) in [5.74, 6) is 1.93. The molecule has 0 amide bonds. The normalized spacial score (nSPS) is 24.0. The van der Waals surface area contributed by atoms with Gasteiger partial charge in [0.25, 0.3) is 0 Å². The molecule has 1 rings (SSSR count). The van der Waals surface area contributed by atoms with Crippen LogP contribution in [0.3, 0.4) is 0 Å². The van der Waals surface area contributed by atoms with E-state index in [2.05, 4.69) is 58.8 Å². The lowest BCUT2D eigenvalue weighted by molar-refractivity contribution is 0.140. The van der Waals surface area contributed by atoms with Gasteiger partial charge in [0.1, 0.15) is 0 Å². The molecule has 0 aliphatic heterocycles. The van der Waals surface area contributed by atoms with Gasteiger partial charge in [-0.15, -0.1) is 0 Å². The number of hydrogen-bond acceptors (Lipinski definition) is 2. The fourth-order valence-corrected chi connectivity index (χ4v) is 2.92. The number of nitrogens with one attached hydrogen (secondary N) is 1. The molecule has 1 aliphatic rings. The summed E-state index contributed by atoms with van der Waals surface area (Å²) in [5.41, 5.74) is 0.652. The molecule has 1 aliphatic carbocycles. The smallest absolute Gasteiger partial charge is 0.00967 e. The van der Waals surface area contributed by atoms with Crippen molar-refractivity contribution in [3.63, 3.8) is 0 Å². The van der Waals surface area contributed by atoms with Crippen LogP contribution in [0.25, 0.3) is 0 Å². The minimum atomic E-state index is 0.221. The molecule has 1 saturated carbocycles. The van der Waals surface area contributed by atoms with Crippen molar-refractivity contribution in [3.8, 4) is 0 Å². The van der Waals surface area contributed by atoms with Crippen LogP contribution in [0.1, 0.15) is 60.8 Å². The largest absolute Gasteiger partial charge is 0.311 e. The van der Waals surface area contributed by atoms with Crippen LogP contribution in [-0.4, -0.2) is 37.1 Å². The Kier molecular flexibility index (Phi) is 5.88. The topological polar surface area (TPSA) is 15.3 Å². The maximum atomic E-state index is 3.72. The van der Waals surface area contributed by atoms with Gasteiger partial charge in [0.15, 0.2) is 0 Å². The Hall–Kier alpha value is -0.0800. The van der Waals surface area contributed by atoms with Gasteiger partial charge in [0.05, 0.1) is 0 Å². The predicted molar refractivity (Wildman–Crippen MR) is 85.5 cm³/mol. The molecule has 114 valence electrons. The average molecular weight is 268 g/mol. The molecule has 0 saturated heterocycles. The van der Waals surface area contributed by atoms with Crippen LogP contribution < -0.4 is 5.32 Å². The molecule has 2 atom stereocenters. The summed E-state index contributed by atoms with van der Waals surface area (Å²) in [6.45, 7) is 17.5. The maximum absolute atomic E-state index is 3.72. The number of hydrogen-bond donors (Lipinski definition) is 1. The Bertz CT molecular complexity index is 263. The van der Waals surface area contributed by atoms with E-state index in [0.717, 1.165) is 18.4 Å². The van der Waals surface area contributed by atoms with Crippen molar-refractivity contribution in [2.45, 2.75) is 66.3 Å². The van der Waals surface area contributed by atoms with Crippen molar-refractivity contribution in [1.82, 2.24) is 10.2 Å². The monoisotopic (exact) mass is 268 g/mol. The highest BCUT2D eigenvalue weighted by Gasteiger charge is 2.35. The molecule has 0 radical (unpaired) electrons. The molecular weight excluding hydrogens is 232 g/mol. The quantitative estimate of drug-likeness (QED) is 0.721. The lowest BCUT2D eigenvalue weighted by Crippen LogP contribution is -2.48. The van der Waals surface area contributed by atoms with Gasteiger partial charge in [-0.25, -0.2) is 0 Å². The standard InChI is InChI=1S/C17H36N2/c1-8-17(9-2,12-18-16(4,5)6)13-19(7)11-15-10-14(15)3/h14-15,18H,8-13H2,1-7H3. The molecule has 2 unspecified atom stereocenters. The van der Waals surface area contributed by atoms with Gasteiger partial charge >= 0.3 is 0 Å². The van der Waals surface area contributed by atoms with Gasteiger partial charge in [0.2, 0.25) is 0 Å². The highest BCUT2D eigenvalue weighted by molar-refractivity contribution is 4.89. The molecule has 2 heteroatoms. The molecule has 0 spiro atoms. The van der Waals surface area contributed by atoms with Crippen LogP contribution in [0.4, 0.5) is 0 Å². The van der Waals surface area contributed by atoms with Crippen LogP contribution in [0.2, 0.25) is 0 Å². The van der Waals surface area contributed by atoms with E-state index in [-0.39, 0.29) is 5.54 Å². The van der Waals surface area contributed by atoms with Crippen molar-refractivity contribution in [1.29, 1.82) is 0 Å². The van der Waals surface area contributed by atoms with Crippen molar-refractivity contribution < 1.29 is 0 Å². The Morgan fingerprint density at radius 1 is 1.16 bits per heavy atom. The third-order valence-electron chi connectivity index (χ3n) is 4.92. The molecule has 1 fully saturated rings. The lowest BCUT2D eigenvalue weighted by atomic mass is 9.81. The Morgan fingerprint density at radius 2 is 1.68 bits per heavy atom. The average Bonchev–Trinajstić information content (AvgIpc) is 2.99. The summed E-state index contributed by atoms with van der Waals surface area (Å²) in [6, 6.07) is 0. The highest BCUT2D eigenvalue weighted by atomic mass is 15.1. The van der Waals surface area contributed by atoms with Crippen LogP contribution in [0.15, 0.2) is 0 Å². The van der Waals surface area contributed by atoms with Crippen LogP contribution in [0, 0.1) is 17.3 Å². The molecule has 0 bridgehead atoms. The van der Waals surface area contributed by atoms with Gasteiger partial charge < -0.3 is 10.2 Å². The number of rotatable bonds is 8. The Morgan fingerprint density at radius 3 is 2.05 bits per heavy atom. The van der Waals surface area contributed by atoms with E-state index in [9.17, 15) is 0 Å². The van der Waals surface area contributed by atoms with Crippen molar-refractivity contribution >= 4 is 0 Å². The summed E-state index contributed by atoms with van der Waals surface area (Å²) < 4.78 is 0. The fourth-order valence-electron chi connectivity index (χ4n) is 2.92. The summed E-state index contributed by atoms with van der Waals surface area (Å²) in [5, 5.41) is 3.72. The van der Waals surface area contributed by atoms with Crippen LogP contribution >= 0.6 is 0 Å². The summed E-state index contributed by atoms with van der Waals surface area (Å²) in [7, 11) is 2.31. The zero-order chi connectivity index (χ0) is 14.7. The summed E-state index contributed by atoms with van der Waals surface area (Å²) in [4.78, 5) is 2.57. The Labute approximate surface area is 121 Å². The van der Waals surface area contributed by atoms with Gasteiger partial charge in [0, 0.05) is 25.2 Å². The molecule has 0 aromatic carbocycles. The first-order chi connectivity index (χ1) is 8.71. The van der Waals surface area contributed by atoms with E-state index in [1.54, 1.807) is 0 Å². The van der Waals surface area contributed by atoms with Crippen LogP contribution in [0.5, 0.6) is 0 Å². The van der Waals surface area contributed by atoms with E-state index in [1.807, 2.05) is 0 Å². The van der Waals surface area contributed by atoms with Crippen LogP contribution in [-0.2, 0) is 0 Å². The van der Waals surface area contributed by atoms with Crippen molar-refractivity contribution in [2.75, 3.05) is 26.7 Å². The molecule has 0 aromatic rings. The van der Waals surface area contributed by atoms with Gasteiger partial charge in [-0.2, -0.15) is 0 Å². The van der Waals surface area contributed by atoms with E-state index in [1.165, 1.54) is 32.4 Å². The highest BCUT2D eigenvalue weighted by Crippen LogP contribution is 2.38. The molecular formula is C17H36N2. The van der Waals surface area contributed by atoms with E-state index in [0.29, 0.717) is 5.41 Å². The van der Waals surface area contributed by atoms with Gasteiger partial charge in [-0.3, -0.25) is 0 Å². The Balaban J connectivity index is 2.49. The third kappa shape index (κ3) is 5.83. The van der Waals surface area contributed by atoms with Crippen molar-refractivity contribution in [2.24, 2.45) is 17.3 Å². The second-order valence-corrected chi connectivity index (χ2v) is 7.98. The van der Waals surface area contributed by atoms with E-state index >= 15 is 0 Å². The fraction of sp³-hybridized carbons (Fsp3) is 1.00. The third-order valence-corrected chi connectivity index (χ3v) is 4.92. The maximum Gasteiger partial charge on any atom is 0.00967 e. The minimum absolute atomic E-state index is 0.221. The molecule has 2 nitrogen and oxygen atoms in total. The lowest BCUT2D eigenvalue weighted by Gasteiger charge is -2.38. The van der Waals surface area contributed by atoms with E-state index in [4.69, 9.17) is 0 Å².